The van der Waals surface area contributed by atoms with Crippen LogP contribution in [0.4, 0.5) is 8.78 Å². The predicted octanol–water partition coefficient (Wildman–Crippen LogP) is 2.49. The van der Waals surface area contributed by atoms with Gasteiger partial charge in [0, 0.05) is 5.56 Å². The van der Waals surface area contributed by atoms with Gasteiger partial charge in [-0.2, -0.15) is 5.10 Å². The van der Waals surface area contributed by atoms with E-state index in [4.69, 9.17) is 4.84 Å². The first kappa shape index (κ1) is 13.9. The second-order valence-electron chi connectivity index (χ2n) is 3.78. The fourth-order valence-corrected chi connectivity index (χ4v) is 1.47. The van der Waals surface area contributed by atoms with E-state index in [0.717, 1.165) is 4.68 Å². The highest BCUT2D eigenvalue weighted by atomic mass is 19.1. The number of halogens is 2. The van der Waals surface area contributed by atoms with Gasteiger partial charge in [-0.15, -0.1) is 0 Å². The zero-order valence-electron chi connectivity index (χ0n) is 10.5. The minimum absolute atomic E-state index is 0.0302. The normalized spacial score (nSPS) is 13.0. The summed E-state index contributed by atoms with van der Waals surface area (Å²) in [7, 11) is 0. The highest BCUT2D eigenvalue weighted by Gasteiger charge is 2.20. The van der Waals surface area contributed by atoms with Crippen molar-refractivity contribution in [2.24, 2.45) is 5.16 Å². The van der Waals surface area contributed by atoms with Gasteiger partial charge in [-0.25, -0.2) is 18.4 Å². The molecule has 0 saturated heterocycles. The molecule has 0 aliphatic rings. The number of aromatic nitrogens is 3. The molecule has 0 saturated carbocycles. The Bertz CT molecular complexity index is 581. The average Bonchev–Trinajstić information content (AvgIpc) is 2.98. The lowest BCUT2D eigenvalue weighted by Gasteiger charge is -2.11. The summed E-state index contributed by atoms with van der Waals surface area (Å²) in [4.78, 5) is 8.59. The third kappa shape index (κ3) is 3.25. The molecule has 0 bridgehead atoms. The fraction of sp³-hybridized carbons (Fsp3) is 0.154. The molecule has 0 amide bonds. The van der Waals surface area contributed by atoms with Gasteiger partial charge >= 0.3 is 0 Å². The first-order valence-corrected chi connectivity index (χ1v) is 5.77. The third-order valence-corrected chi connectivity index (χ3v) is 2.39. The van der Waals surface area contributed by atoms with Crippen molar-refractivity contribution in [3.05, 3.63) is 61.0 Å². The van der Waals surface area contributed by atoms with Crippen LogP contribution in [-0.2, 0) is 4.84 Å². The van der Waals surface area contributed by atoms with E-state index in [1.54, 1.807) is 0 Å². The van der Waals surface area contributed by atoms with Crippen LogP contribution in [0.15, 0.2) is 54.7 Å². The molecule has 0 aliphatic heterocycles. The predicted molar refractivity (Wildman–Crippen MR) is 69.3 cm³/mol. The van der Waals surface area contributed by atoms with E-state index < -0.39 is 12.1 Å². The van der Waals surface area contributed by atoms with Crippen molar-refractivity contribution in [3.8, 4) is 0 Å². The van der Waals surface area contributed by atoms with Crippen molar-refractivity contribution in [3.63, 3.8) is 0 Å². The zero-order valence-corrected chi connectivity index (χ0v) is 10.5. The van der Waals surface area contributed by atoms with Crippen LogP contribution < -0.4 is 0 Å². The molecular formula is C13H12F2N4O. The molecular weight excluding hydrogens is 266 g/mol. The Balaban J connectivity index is 2.31. The van der Waals surface area contributed by atoms with E-state index >= 15 is 0 Å². The average molecular weight is 278 g/mol. The number of oxime groups is 1. The summed E-state index contributed by atoms with van der Waals surface area (Å²) in [5.74, 6) is -0.420. The van der Waals surface area contributed by atoms with Crippen molar-refractivity contribution < 1.29 is 13.6 Å². The van der Waals surface area contributed by atoms with Crippen LogP contribution >= 0.6 is 0 Å². The van der Waals surface area contributed by atoms with Crippen LogP contribution in [0.1, 0.15) is 11.9 Å². The van der Waals surface area contributed by atoms with Crippen molar-refractivity contribution in [2.75, 3.05) is 6.61 Å². The van der Waals surface area contributed by atoms with Gasteiger partial charge < -0.3 is 4.84 Å². The molecule has 0 N–H and O–H groups in total. The lowest BCUT2D eigenvalue weighted by atomic mass is 10.1. The first-order valence-electron chi connectivity index (χ1n) is 5.77. The zero-order chi connectivity index (χ0) is 14.4. The number of hydrogen-bond acceptors (Lipinski definition) is 4. The Labute approximate surface area is 114 Å². The Morgan fingerprint density at radius 2 is 2.20 bits per heavy atom. The quantitative estimate of drug-likeness (QED) is 0.353. The van der Waals surface area contributed by atoms with E-state index in [0.29, 0.717) is 5.56 Å². The van der Waals surface area contributed by atoms with Crippen LogP contribution in [0, 0.1) is 5.82 Å². The van der Waals surface area contributed by atoms with Gasteiger partial charge in [0.25, 0.3) is 0 Å². The maximum Gasteiger partial charge on any atom is 0.239 e. The number of rotatable bonds is 6. The van der Waals surface area contributed by atoms with Crippen LogP contribution in [0.2, 0.25) is 0 Å². The molecule has 20 heavy (non-hydrogen) atoms. The molecule has 1 aromatic carbocycles. The molecule has 5 nitrogen and oxygen atoms in total. The van der Waals surface area contributed by atoms with Gasteiger partial charge in [-0.05, 0) is 24.3 Å². The van der Waals surface area contributed by atoms with Crippen molar-refractivity contribution in [1.29, 1.82) is 0 Å². The van der Waals surface area contributed by atoms with E-state index in [1.165, 1.54) is 43.0 Å². The molecule has 1 aromatic heterocycles. The molecule has 2 rings (SSSR count). The van der Waals surface area contributed by atoms with Crippen LogP contribution in [-0.4, -0.2) is 27.1 Å². The van der Waals surface area contributed by atoms with Gasteiger partial charge in [-0.1, -0.05) is 17.8 Å². The van der Waals surface area contributed by atoms with Crippen LogP contribution in [0.25, 0.3) is 0 Å². The second kappa shape index (κ2) is 6.55. The minimum Gasteiger partial charge on any atom is -0.391 e. The van der Waals surface area contributed by atoms with E-state index in [-0.39, 0.29) is 12.3 Å². The summed E-state index contributed by atoms with van der Waals surface area (Å²) in [6, 6.07) is 5.25. The molecule has 1 atom stereocenters. The largest absolute Gasteiger partial charge is 0.391 e. The summed E-state index contributed by atoms with van der Waals surface area (Å²) in [6.07, 6.45) is 2.22. The molecule has 1 heterocycles. The lowest BCUT2D eigenvalue weighted by molar-refractivity contribution is 0.168. The molecule has 0 fully saturated rings. The van der Waals surface area contributed by atoms with Crippen molar-refractivity contribution in [2.45, 2.75) is 6.30 Å². The second-order valence-corrected chi connectivity index (χ2v) is 3.78. The molecule has 2 aromatic rings. The molecule has 0 aliphatic carbocycles. The monoisotopic (exact) mass is 278 g/mol. The van der Waals surface area contributed by atoms with E-state index in [2.05, 4.69) is 21.8 Å². The molecule has 7 heteroatoms. The summed E-state index contributed by atoms with van der Waals surface area (Å²) in [5, 5.41) is 7.44. The third-order valence-electron chi connectivity index (χ3n) is 2.39. The van der Waals surface area contributed by atoms with Gasteiger partial charge in [0.2, 0.25) is 6.30 Å². The maximum absolute atomic E-state index is 14.4. The summed E-state index contributed by atoms with van der Waals surface area (Å²) < 4.78 is 28.3. The Kier molecular flexibility index (Phi) is 4.54. The fourth-order valence-electron chi connectivity index (χ4n) is 1.47. The molecule has 1 unspecified atom stereocenters. The Morgan fingerprint density at radius 1 is 1.45 bits per heavy atom. The van der Waals surface area contributed by atoms with Gasteiger partial charge in [-0.3, -0.25) is 0 Å². The van der Waals surface area contributed by atoms with Crippen LogP contribution in [0.5, 0.6) is 0 Å². The SMILES string of the molecule is C=CCON=C(c1ccc(F)cc1)C(F)n1cncn1. The van der Waals surface area contributed by atoms with Crippen LogP contribution in [0.3, 0.4) is 0 Å². The van der Waals surface area contributed by atoms with Gasteiger partial charge in [0.15, 0.2) is 0 Å². The highest BCUT2D eigenvalue weighted by Crippen LogP contribution is 2.17. The smallest absolute Gasteiger partial charge is 0.239 e. The van der Waals surface area contributed by atoms with Crippen molar-refractivity contribution in [1.82, 2.24) is 14.8 Å². The molecule has 104 valence electrons. The minimum atomic E-state index is -1.69. The van der Waals surface area contributed by atoms with E-state index in [9.17, 15) is 8.78 Å². The topological polar surface area (TPSA) is 52.3 Å². The number of nitrogens with zero attached hydrogens (tertiary/aromatic N) is 4. The van der Waals surface area contributed by atoms with E-state index in [1.807, 2.05) is 0 Å². The maximum atomic E-state index is 14.4. The van der Waals surface area contributed by atoms with Gasteiger partial charge in [0.1, 0.15) is 30.8 Å². The highest BCUT2D eigenvalue weighted by molar-refractivity contribution is 6.02. The Hall–Kier alpha value is -2.57. The number of alkyl halides is 1. The lowest BCUT2D eigenvalue weighted by Crippen LogP contribution is -2.17. The number of hydrogen-bond donors (Lipinski definition) is 0. The summed E-state index contributed by atoms with van der Waals surface area (Å²) in [5.41, 5.74) is 0.357. The molecule has 0 radical (unpaired) electrons. The summed E-state index contributed by atoms with van der Waals surface area (Å²) >= 11 is 0. The van der Waals surface area contributed by atoms with Crippen molar-refractivity contribution >= 4 is 5.71 Å². The Morgan fingerprint density at radius 3 is 2.80 bits per heavy atom. The number of benzene rings is 1. The standard InChI is InChI=1S/C13H12F2N4O/c1-2-7-20-18-12(10-3-5-11(14)6-4-10)13(15)19-9-16-8-17-19/h2-6,8-9,13H,1,7H2. The first-order chi connectivity index (χ1) is 9.72. The van der Waals surface area contributed by atoms with Gasteiger partial charge in [0.05, 0.1) is 0 Å². The molecule has 0 spiro atoms. The summed E-state index contributed by atoms with van der Waals surface area (Å²) in [6.45, 7) is 3.61.